The van der Waals surface area contributed by atoms with E-state index in [2.05, 4.69) is 35.3 Å². The number of carbonyl (C=O) groups excluding carboxylic acids is 1. The van der Waals surface area contributed by atoms with Crippen LogP contribution in [0.15, 0.2) is 59.6 Å². The van der Waals surface area contributed by atoms with Gasteiger partial charge in [-0.05, 0) is 37.3 Å². The summed E-state index contributed by atoms with van der Waals surface area (Å²) in [5, 5.41) is 3.39. The Kier molecular flexibility index (Phi) is 8.12. The molecule has 1 unspecified atom stereocenters. The lowest BCUT2D eigenvalue weighted by Crippen LogP contribution is -2.47. The average molecular weight is 409 g/mol. The molecule has 1 aliphatic heterocycles. The number of amides is 1. The second kappa shape index (κ2) is 11.2. The molecular weight excluding hydrogens is 376 g/mol. The summed E-state index contributed by atoms with van der Waals surface area (Å²) in [5.74, 6) is 1.80. The van der Waals surface area contributed by atoms with Crippen molar-refractivity contribution >= 4 is 11.9 Å². The molecule has 2 aromatic carbocycles. The van der Waals surface area contributed by atoms with Crippen LogP contribution in [-0.2, 0) is 17.9 Å². The van der Waals surface area contributed by atoms with Crippen molar-refractivity contribution in [3.63, 3.8) is 0 Å². The zero-order valence-corrected chi connectivity index (χ0v) is 17.7. The van der Waals surface area contributed by atoms with Crippen molar-refractivity contribution < 1.29 is 9.53 Å². The highest BCUT2D eigenvalue weighted by atomic mass is 16.5. The number of nitrogens with one attached hydrogen (secondary N) is 1. The van der Waals surface area contributed by atoms with Gasteiger partial charge in [0.25, 0.3) is 0 Å². The van der Waals surface area contributed by atoms with E-state index < -0.39 is 0 Å². The lowest BCUT2D eigenvalue weighted by atomic mass is 9.95. The van der Waals surface area contributed by atoms with Crippen LogP contribution in [0.2, 0.25) is 0 Å². The highest BCUT2D eigenvalue weighted by molar-refractivity contribution is 5.80. The molecule has 160 valence electrons. The van der Waals surface area contributed by atoms with Crippen LogP contribution in [0.3, 0.4) is 0 Å². The van der Waals surface area contributed by atoms with E-state index in [0.717, 1.165) is 55.3 Å². The smallest absolute Gasteiger partial charge is 0.217 e. The molecule has 0 saturated carbocycles. The normalized spacial score (nSPS) is 16.9. The summed E-state index contributed by atoms with van der Waals surface area (Å²) >= 11 is 0. The molecule has 30 heavy (non-hydrogen) atoms. The van der Waals surface area contributed by atoms with Crippen LogP contribution in [0.4, 0.5) is 0 Å². The Hall–Kier alpha value is -3.02. The Labute approximate surface area is 179 Å². The van der Waals surface area contributed by atoms with Crippen molar-refractivity contribution in [2.75, 3.05) is 19.6 Å². The van der Waals surface area contributed by atoms with Crippen LogP contribution < -0.4 is 15.8 Å². The number of nitrogens with two attached hydrogens (primary N) is 1. The van der Waals surface area contributed by atoms with E-state index in [1.807, 2.05) is 36.4 Å². The zero-order valence-electron chi connectivity index (χ0n) is 17.7. The van der Waals surface area contributed by atoms with Crippen LogP contribution >= 0.6 is 0 Å². The molecule has 0 radical (unpaired) electrons. The molecule has 0 aromatic heterocycles. The van der Waals surface area contributed by atoms with E-state index in [0.29, 0.717) is 25.5 Å². The quantitative estimate of drug-likeness (QED) is 0.519. The minimum atomic E-state index is -0.228. The molecule has 6 nitrogen and oxygen atoms in total. The lowest BCUT2D eigenvalue weighted by Gasteiger charge is -2.34. The Morgan fingerprint density at radius 1 is 1.20 bits per heavy atom. The van der Waals surface area contributed by atoms with Gasteiger partial charge in [0.15, 0.2) is 5.96 Å². The third-order valence-corrected chi connectivity index (χ3v) is 5.25. The average Bonchev–Trinajstić information content (AvgIpc) is 2.76. The van der Waals surface area contributed by atoms with Crippen molar-refractivity contribution in [1.82, 2.24) is 10.2 Å². The third kappa shape index (κ3) is 6.51. The molecule has 0 aliphatic carbocycles. The number of nitrogens with zero attached hydrogens (tertiary/aromatic N) is 2. The number of rotatable bonds is 8. The second-order valence-corrected chi connectivity index (χ2v) is 7.68. The molecule has 6 heteroatoms. The number of hydrogen-bond donors (Lipinski definition) is 2. The predicted octanol–water partition coefficient (Wildman–Crippen LogP) is 3.32. The van der Waals surface area contributed by atoms with Crippen LogP contribution in [0.1, 0.15) is 37.3 Å². The number of likely N-dealkylation sites (tertiary alicyclic amines) is 1. The molecule has 1 aliphatic rings. The predicted molar refractivity (Wildman–Crippen MR) is 120 cm³/mol. The van der Waals surface area contributed by atoms with Gasteiger partial charge >= 0.3 is 0 Å². The Morgan fingerprint density at radius 2 is 1.97 bits per heavy atom. The highest BCUT2D eigenvalue weighted by Crippen LogP contribution is 2.22. The number of guanidine groups is 1. The van der Waals surface area contributed by atoms with Crippen molar-refractivity contribution in [1.29, 1.82) is 0 Å². The first-order chi connectivity index (χ1) is 14.7. The number of aliphatic imine (C=N–C) groups is 1. The maximum Gasteiger partial charge on any atom is 0.217 e. The summed E-state index contributed by atoms with van der Waals surface area (Å²) in [6, 6.07) is 18.2. The summed E-state index contributed by atoms with van der Waals surface area (Å²) < 4.78 is 6.07. The van der Waals surface area contributed by atoms with Gasteiger partial charge < -0.3 is 20.7 Å². The minimum absolute atomic E-state index is 0.228. The second-order valence-electron chi connectivity index (χ2n) is 7.68. The molecule has 0 bridgehead atoms. The number of piperidine rings is 1. The molecule has 1 saturated heterocycles. The third-order valence-electron chi connectivity index (χ3n) is 5.25. The zero-order chi connectivity index (χ0) is 21.2. The van der Waals surface area contributed by atoms with E-state index >= 15 is 0 Å². The van der Waals surface area contributed by atoms with Gasteiger partial charge in [0, 0.05) is 31.6 Å². The first-order valence-electron chi connectivity index (χ1n) is 10.7. The van der Waals surface area contributed by atoms with Gasteiger partial charge in [-0.1, -0.05) is 48.5 Å². The SMILES string of the molecule is CCNC(=NCc1ccccc1OCc1ccccc1)N1CCCC(CC(N)=O)C1. The molecule has 1 amide bonds. The van der Waals surface area contributed by atoms with Gasteiger partial charge in [0.05, 0.1) is 6.54 Å². The molecule has 1 fully saturated rings. The van der Waals surface area contributed by atoms with E-state index in [-0.39, 0.29) is 5.91 Å². The molecule has 0 spiro atoms. The Morgan fingerprint density at radius 3 is 2.73 bits per heavy atom. The van der Waals surface area contributed by atoms with Gasteiger partial charge in [0.1, 0.15) is 12.4 Å². The largest absolute Gasteiger partial charge is 0.489 e. The monoisotopic (exact) mass is 408 g/mol. The summed E-state index contributed by atoms with van der Waals surface area (Å²) in [4.78, 5) is 18.4. The van der Waals surface area contributed by atoms with Gasteiger partial charge in [0.2, 0.25) is 5.91 Å². The van der Waals surface area contributed by atoms with Gasteiger partial charge in [-0.25, -0.2) is 4.99 Å². The van der Waals surface area contributed by atoms with Crippen molar-refractivity contribution in [2.24, 2.45) is 16.6 Å². The lowest BCUT2D eigenvalue weighted by molar-refractivity contribution is -0.119. The van der Waals surface area contributed by atoms with Crippen LogP contribution in [-0.4, -0.2) is 36.4 Å². The summed E-state index contributed by atoms with van der Waals surface area (Å²) in [5.41, 5.74) is 7.60. The molecule has 2 aromatic rings. The standard InChI is InChI=1S/C24H32N4O2/c1-2-26-24(28-14-8-11-20(17-28)15-23(25)29)27-16-21-12-6-7-13-22(21)30-18-19-9-4-3-5-10-19/h3-7,9-10,12-13,20H,2,8,11,14-18H2,1H3,(H2,25,29)(H,26,27). The van der Waals surface area contributed by atoms with E-state index in [1.165, 1.54) is 0 Å². The first-order valence-corrected chi connectivity index (χ1v) is 10.7. The number of hydrogen-bond acceptors (Lipinski definition) is 3. The minimum Gasteiger partial charge on any atom is -0.489 e. The fourth-order valence-electron chi connectivity index (χ4n) is 3.81. The number of benzene rings is 2. The van der Waals surface area contributed by atoms with Gasteiger partial charge in [-0.3, -0.25) is 4.79 Å². The summed E-state index contributed by atoms with van der Waals surface area (Å²) in [7, 11) is 0. The van der Waals surface area contributed by atoms with Crippen LogP contribution in [0, 0.1) is 5.92 Å². The van der Waals surface area contributed by atoms with E-state index in [9.17, 15) is 4.79 Å². The first kappa shape index (κ1) is 21.7. The molecule has 3 rings (SSSR count). The fraction of sp³-hybridized carbons (Fsp3) is 0.417. The van der Waals surface area contributed by atoms with Crippen LogP contribution in [0.5, 0.6) is 5.75 Å². The van der Waals surface area contributed by atoms with Crippen molar-refractivity contribution in [2.45, 2.75) is 39.3 Å². The number of carbonyl (C=O) groups is 1. The van der Waals surface area contributed by atoms with Gasteiger partial charge in [-0.2, -0.15) is 0 Å². The molecule has 3 N–H and O–H groups in total. The summed E-state index contributed by atoms with van der Waals surface area (Å²) in [6.45, 7) is 5.67. The number of ether oxygens (including phenoxy) is 1. The van der Waals surface area contributed by atoms with Crippen molar-refractivity contribution in [3.8, 4) is 5.75 Å². The maximum atomic E-state index is 11.3. The highest BCUT2D eigenvalue weighted by Gasteiger charge is 2.23. The van der Waals surface area contributed by atoms with Crippen molar-refractivity contribution in [3.05, 3.63) is 65.7 Å². The van der Waals surface area contributed by atoms with Crippen LogP contribution in [0.25, 0.3) is 0 Å². The summed E-state index contributed by atoms with van der Waals surface area (Å²) in [6.07, 6.45) is 2.51. The van der Waals surface area contributed by atoms with E-state index in [4.69, 9.17) is 15.5 Å². The maximum absolute atomic E-state index is 11.3. The Balaban J connectivity index is 1.68. The van der Waals surface area contributed by atoms with Gasteiger partial charge in [-0.15, -0.1) is 0 Å². The number of para-hydroxylation sites is 1. The Bertz CT molecular complexity index is 838. The molecular formula is C24H32N4O2. The fourth-order valence-corrected chi connectivity index (χ4v) is 3.81. The van der Waals surface area contributed by atoms with E-state index in [1.54, 1.807) is 0 Å². The topological polar surface area (TPSA) is 80.0 Å². The molecule has 1 atom stereocenters. The molecule has 1 heterocycles. The number of primary amides is 1.